The Bertz CT molecular complexity index is 1270. The van der Waals surface area contributed by atoms with Gasteiger partial charge in [-0.1, -0.05) is 12.1 Å². The lowest BCUT2D eigenvalue weighted by Gasteiger charge is -2.50. The number of nitrogens with zero attached hydrogens (tertiary/aromatic N) is 4. The third-order valence-electron chi connectivity index (χ3n) is 8.24. The fourth-order valence-corrected chi connectivity index (χ4v) is 6.42. The molecule has 37 heavy (non-hydrogen) atoms. The van der Waals surface area contributed by atoms with Crippen molar-refractivity contribution >= 4 is 22.3 Å². The van der Waals surface area contributed by atoms with Crippen molar-refractivity contribution in [3.05, 3.63) is 65.9 Å². The van der Waals surface area contributed by atoms with Crippen LogP contribution in [0.5, 0.6) is 0 Å². The van der Waals surface area contributed by atoms with E-state index in [1.54, 1.807) is 6.20 Å². The largest absolute Gasteiger partial charge is 0.382 e. The van der Waals surface area contributed by atoms with E-state index >= 15 is 0 Å². The molecule has 0 spiro atoms. The number of fused-ring (bicyclic) bond motifs is 2. The van der Waals surface area contributed by atoms with Gasteiger partial charge in [-0.25, -0.2) is 0 Å². The molecule has 7 nitrogen and oxygen atoms in total. The first-order valence-electron chi connectivity index (χ1n) is 13.6. The molecule has 0 aliphatic carbocycles. The maximum atomic E-state index is 9.55. The van der Waals surface area contributed by atoms with Crippen LogP contribution in [0.1, 0.15) is 30.9 Å². The summed E-state index contributed by atoms with van der Waals surface area (Å²) in [4.78, 5) is 9.73. The van der Waals surface area contributed by atoms with Crippen molar-refractivity contribution in [3.63, 3.8) is 0 Å². The van der Waals surface area contributed by atoms with Crippen molar-refractivity contribution in [2.45, 2.75) is 50.4 Å². The number of piperazine rings is 1. The van der Waals surface area contributed by atoms with Crippen LogP contribution in [-0.4, -0.2) is 73.4 Å². The molecule has 0 bridgehead atoms. The molecule has 0 saturated carbocycles. The molecule has 6 rings (SSSR count). The third kappa shape index (κ3) is 5.15. The summed E-state index contributed by atoms with van der Waals surface area (Å²) < 4.78 is 5.86. The van der Waals surface area contributed by atoms with E-state index in [2.05, 4.69) is 74.8 Å². The van der Waals surface area contributed by atoms with Crippen molar-refractivity contribution in [1.29, 1.82) is 5.26 Å². The second-order valence-corrected chi connectivity index (χ2v) is 10.8. The fraction of sp³-hybridized carbons (Fsp3) is 0.467. The summed E-state index contributed by atoms with van der Waals surface area (Å²) in [5.41, 5.74) is 5.17. The minimum absolute atomic E-state index is 0.275. The second kappa shape index (κ2) is 10.7. The average Bonchev–Trinajstić information content (AvgIpc) is 2.94. The molecule has 3 aromatic rings. The van der Waals surface area contributed by atoms with Gasteiger partial charge in [0, 0.05) is 73.8 Å². The first-order valence-corrected chi connectivity index (χ1v) is 13.6. The second-order valence-electron chi connectivity index (χ2n) is 10.8. The molecule has 1 aromatic heterocycles. The highest BCUT2D eigenvalue weighted by Gasteiger charge is 2.37. The van der Waals surface area contributed by atoms with E-state index in [0.29, 0.717) is 23.7 Å². The van der Waals surface area contributed by atoms with E-state index < -0.39 is 0 Å². The van der Waals surface area contributed by atoms with Gasteiger partial charge >= 0.3 is 0 Å². The zero-order valence-corrected chi connectivity index (χ0v) is 21.6. The van der Waals surface area contributed by atoms with E-state index in [1.807, 2.05) is 12.1 Å². The summed E-state index contributed by atoms with van der Waals surface area (Å²) >= 11 is 0. The smallest absolute Gasteiger partial charge is 0.101 e. The maximum absolute atomic E-state index is 9.55. The SMILES string of the molecule is CC1CN(c2ccc(C#N)c3ncccc23)CC2CC(Nc3ccc(CC4CNCCO4)cc3)CCN12. The van der Waals surface area contributed by atoms with Crippen LogP contribution in [0.25, 0.3) is 10.9 Å². The fourth-order valence-electron chi connectivity index (χ4n) is 6.42. The number of nitriles is 1. The minimum Gasteiger partial charge on any atom is -0.382 e. The Labute approximate surface area is 219 Å². The topological polar surface area (TPSA) is 76.5 Å². The lowest BCUT2D eigenvalue weighted by atomic mass is 9.91. The van der Waals surface area contributed by atoms with Crippen LogP contribution < -0.4 is 15.5 Å². The van der Waals surface area contributed by atoms with Gasteiger partial charge in [-0.3, -0.25) is 9.88 Å². The van der Waals surface area contributed by atoms with E-state index in [1.165, 1.54) is 16.9 Å². The number of nitrogens with one attached hydrogen (secondary N) is 2. The number of morpholine rings is 1. The van der Waals surface area contributed by atoms with Crippen molar-refractivity contribution < 1.29 is 4.74 Å². The van der Waals surface area contributed by atoms with Crippen molar-refractivity contribution in [2.24, 2.45) is 0 Å². The number of piperidine rings is 1. The average molecular weight is 497 g/mol. The standard InChI is InChI=1S/C30H36N6O/c1-21-19-35(29-9-6-23(17-31)30-28(29)3-2-11-33-30)20-26-16-25(10-13-36(21)26)34-24-7-4-22(5-8-24)15-27-18-32-12-14-37-27/h2-9,11,21,25-27,32,34H,10,12-16,18-20H2,1H3. The van der Waals surface area contributed by atoms with Gasteiger partial charge in [-0.2, -0.15) is 5.26 Å². The number of ether oxygens (including phenoxy) is 1. The summed E-state index contributed by atoms with van der Waals surface area (Å²) in [6, 6.07) is 20.8. The number of rotatable bonds is 5. The Kier molecular flexibility index (Phi) is 6.97. The zero-order valence-electron chi connectivity index (χ0n) is 21.6. The van der Waals surface area contributed by atoms with Crippen LogP contribution in [0.3, 0.4) is 0 Å². The van der Waals surface area contributed by atoms with E-state index in [0.717, 1.165) is 69.5 Å². The van der Waals surface area contributed by atoms with Gasteiger partial charge in [0.25, 0.3) is 0 Å². The number of hydrogen-bond acceptors (Lipinski definition) is 7. The molecule has 3 fully saturated rings. The molecule has 192 valence electrons. The number of anilines is 2. The monoisotopic (exact) mass is 496 g/mol. The minimum atomic E-state index is 0.275. The molecule has 2 N–H and O–H groups in total. The molecule has 3 aliphatic rings. The van der Waals surface area contributed by atoms with Gasteiger partial charge in [-0.05, 0) is 68.1 Å². The van der Waals surface area contributed by atoms with Gasteiger partial charge < -0.3 is 20.3 Å². The van der Waals surface area contributed by atoms with Crippen LogP contribution in [0, 0.1) is 11.3 Å². The van der Waals surface area contributed by atoms with Gasteiger partial charge in [0.1, 0.15) is 6.07 Å². The Balaban J connectivity index is 1.13. The van der Waals surface area contributed by atoms with Crippen LogP contribution in [0.15, 0.2) is 54.7 Å². The zero-order chi connectivity index (χ0) is 25.2. The first-order chi connectivity index (χ1) is 18.2. The Morgan fingerprint density at radius 3 is 2.86 bits per heavy atom. The Morgan fingerprint density at radius 2 is 2.05 bits per heavy atom. The van der Waals surface area contributed by atoms with Gasteiger partial charge in [-0.15, -0.1) is 0 Å². The molecule has 4 heterocycles. The number of aromatic nitrogens is 1. The summed E-state index contributed by atoms with van der Waals surface area (Å²) in [6.07, 6.45) is 5.29. The summed E-state index contributed by atoms with van der Waals surface area (Å²) in [6.45, 7) is 8.15. The lowest BCUT2D eigenvalue weighted by molar-refractivity contribution is 0.0292. The number of hydrogen-bond donors (Lipinski definition) is 2. The molecule has 3 saturated heterocycles. The van der Waals surface area contributed by atoms with Crippen LogP contribution in [0.2, 0.25) is 0 Å². The van der Waals surface area contributed by atoms with E-state index in [9.17, 15) is 5.26 Å². The van der Waals surface area contributed by atoms with Crippen molar-refractivity contribution in [2.75, 3.05) is 49.5 Å². The molecule has 4 atom stereocenters. The molecular weight excluding hydrogens is 460 g/mol. The Hall–Kier alpha value is -3.18. The first kappa shape index (κ1) is 24.2. The van der Waals surface area contributed by atoms with Crippen LogP contribution in [0.4, 0.5) is 11.4 Å². The van der Waals surface area contributed by atoms with Crippen molar-refractivity contribution in [1.82, 2.24) is 15.2 Å². The molecular formula is C30H36N6O. The highest BCUT2D eigenvalue weighted by Crippen LogP contribution is 2.34. The van der Waals surface area contributed by atoms with E-state index in [4.69, 9.17) is 4.74 Å². The van der Waals surface area contributed by atoms with Gasteiger partial charge in [0.05, 0.1) is 23.8 Å². The summed E-state index contributed by atoms with van der Waals surface area (Å²) in [5.74, 6) is 0. The molecule has 2 aromatic carbocycles. The molecule has 4 unspecified atom stereocenters. The lowest BCUT2D eigenvalue weighted by Crippen LogP contribution is -2.61. The predicted molar refractivity (Wildman–Crippen MR) is 148 cm³/mol. The van der Waals surface area contributed by atoms with Crippen molar-refractivity contribution in [3.8, 4) is 6.07 Å². The highest BCUT2D eigenvalue weighted by atomic mass is 16.5. The van der Waals surface area contributed by atoms with Crippen LogP contribution in [-0.2, 0) is 11.2 Å². The molecule has 0 radical (unpaired) electrons. The quantitative estimate of drug-likeness (QED) is 0.557. The third-order valence-corrected chi connectivity index (χ3v) is 8.24. The summed E-state index contributed by atoms with van der Waals surface area (Å²) in [5, 5.41) is 17.9. The highest BCUT2D eigenvalue weighted by molar-refractivity contribution is 5.95. The summed E-state index contributed by atoms with van der Waals surface area (Å²) in [7, 11) is 0. The van der Waals surface area contributed by atoms with E-state index in [-0.39, 0.29) is 6.10 Å². The predicted octanol–water partition coefficient (Wildman–Crippen LogP) is 3.79. The molecule has 3 aliphatic heterocycles. The van der Waals surface area contributed by atoms with Crippen LogP contribution >= 0.6 is 0 Å². The van der Waals surface area contributed by atoms with Gasteiger partial charge in [0.15, 0.2) is 0 Å². The molecule has 7 heteroatoms. The van der Waals surface area contributed by atoms with Gasteiger partial charge in [0.2, 0.25) is 0 Å². The Morgan fingerprint density at radius 1 is 1.16 bits per heavy atom. The number of pyridine rings is 1. The molecule has 0 amide bonds. The maximum Gasteiger partial charge on any atom is 0.101 e. The normalized spacial score (nSPS) is 26.4. The number of benzene rings is 2.